The highest BCUT2D eigenvalue weighted by Gasteiger charge is 2.25. The number of rotatable bonds is 4. The smallest absolute Gasteiger partial charge is 0.338 e. The summed E-state index contributed by atoms with van der Waals surface area (Å²) in [6.07, 6.45) is 3.49. The zero-order valence-corrected chi connectivity index (χ0v) is 10.6. The van der Waals surface area contributed by atoms with Crippen LogP contribution in [0.5, 0.6) is 0 Å². The molecule has 2 unspecified atom stereocenters. The lowest BCUT2D eigenvalue weighted by molar-refractivity contribution is 0.0689. The Labute approximate surface area is 110 Å². The molecule has 6 nitrogen and oxygen atoms in total. The molecule has 6 heteroatoms. The Hall–Kier alpha value is -1.95. The Bertz CT molecular complexity index is 483. The minimum atomic E-state index is -1.16. The summed E-state index contributed by atoms with van der Waals surface area (Å²) in [6, 6.07) is 1.36. The van der Waals surface area contributed by atoms with Gasteiger partial charge in [0.15, 0.2) is 0 Å². The molecule has 19 heavy (non-hydrogen) atoms. The lowest BCUT2D eigenvalue weighted by atomic mass is 10.00. The molecule has 1 aliphatic heterocycles. The Morgan fingerprint density at radius 3 is 2.95 bits per heavy atom. The molecule has 2 rings (SSSR count). The van der Waals surface area contributed by atoms with Crippen molar-refractivity contribution < 1.29 is 19.4 Å². The summed E-state index contributed by atoms with van der Waals surface area (Å²) in [5.74, 6) is -1.27. The van der Waals surface area contributed by atoms with E-state index < -0.39 is 5.97 Å². The summed E-state index contributed by atoms with van der Waals surface area (Å²) in [6.45, 7) is 3.24. The highest BCUT2D eigenvalue weighted by molar-refractivity contribution is 6.04. The van der Waals surface area contributed by atoms with Crippen LogP contribution >= 0.6 is 0 Å². The van der Waals surface area contributed by atoms with E-state index in [1.807, 2.05) is 6.92 Å². The Kier molecular flexibility index (Phi) is 4.11. The van der Waals surface area contributed by atoms with Crippen molar-refractivity contribution in [2.75, 3.05) is 13.2 Å². The molecule has 102 valence electrons. The molecule has 0 radical (unpaired) electrons. The maximum absolute atomic E-state index is 12.1. The molecule has 0 aliphatic carbocycles. The number of aromatic nitrogens is 1. The van der Waals surface area contributed by atoms with Crippen LogP contribution in [0.2, 0.25) is 0 Å². The van der Waals surface area contributed by atoms with Gasteiger partial charge in [0, 0.05) is 31.0 Å². The topological polar surface area (TPSA) is 88.5 Å². The van der Waals surface area contributed by atoms with Gasteiger partial charge in [-0.25, -0.2) is 4.79 Å². The normalized spacial score (nSPS) is 19.9. The van der Waals surface area contributed by atoms with Crippen LogP contribution in [0, 0.1) is 5.92 Å². The number of hydrogen-bond acceptors (Lipinski definition) is 4. The SMILES string of the molecule is CC(NC(=O)c1ccncc1C(=O)O)C1CCOC1. The number of pyridine rings is 1. The fourth-order valence-corrected chi connectivity index (χ4v) is 2.11. The lowest BCUT2D eigenvalue weighted by Crippen LogP contribution is -2.39. The number of hydrogen-bond donors (Lipinski definition) is 2. The average Bonchev–Trinajstić information content (AvgIpc) is 2.92. The molecule has 1 fully saturated rings. The van der Waals surface area contributed by atoms with E-state index in [1.165, 1.54) is 18.5 Å². The number of nitrogens with zero attached hydrogens (tertiary/aromatic N) is 1. The van der Waals surface area contributed by atoms with Crippen LogP contribution in [0.15, 0.2) is 18.5 Å². The summed E-state index contributed by atoms with van der Waals surface area (Å²) in [4.78, 5) is 26.8. The van der Waals surface area contributed by atoms with Crippen LogP contribution in [-0.4, -0.2) is 41.2 Å². The quantitative estimate of drug-likeness (QED) is 0.844. The van der Waals surface area contributed by atoms with Gasteiger partial charge in [-0.1, -0.05) is 0 Å². The molecular formula is C13H16N2O4. The molecule has 1 amide bonds. The van der Waals surface area contributed by atoms with Crippen LogP contribution in [0.25, 0.3) is 0 Å². The molecule has 0 saturated carbocycles. The molecule has 1 aromatic rings. The number of carbonyl (C=O) groups excluding carboxylic acids is 1. The number of ether oxygens (including phenoxy) is 1. The summed E-state index contributed by atoms with van der Waals surface area (Å²) >= 11 is 0. The van der Waals surface area contributed by atoms with E-state index >= 15 is 0 Å². The van der Waals surface area contributed by atoms with E-state index in [0.29, 0.717) is 13.2 Å². The van der Waals surface area contributed by atoms with Crippen LogP contribution in [-0.2, 0) is 4.74 Å². The molecule has 0 aromatic carbocycles. The molecule has 0 spiro atoms. The number of amides is 1. The Balaban J connectivity index is 2.09. The molecule has 1 aliphatic rings. The van der Waals surface area contributed by atoms with Gasteiger partial charge in [-0.05, 0) is 19.4 Å². The van der Waals surface area contributed by atoms with Gasteiger partial charge in [0.2, 0.25) is 0 Å². The van der Waals surface area contributed by atoms with Crippen molar-refractivity contribution in [2.24, 2.45) is 5.92 Å². The van der Waals surface area contributed by atoms with Crippen LogP contribution in [0.3, 0.4) is 0 Å². The van der Waals surface area contributed by atoms with Crippen molar-refractivity contribution in [1.29, 1.82) is 0 Å². The fourth-order valence-electron chi connectivity index (χ4n) is 2.11. The van der Waals surface area contributed by atoms with Crippen molar-refractivity contribution in [3.05, 3.63) is 29.6 Å². The third-order valence-electron chi connectivity index (χ3n) is 3.33. The van der Waals surface area contributed by atoms with Gasteiger partial charge in [0.05, 0.1) is 17.7 Å². The minimum absolute atomic E-state index is 0.0511. The summed E-state index contributed by atoms with van der Waals surface area (Å²) in [5, 5.41) is 11.8. The van der Waals surface area contributed by atoms with E-state index in [4.69, 9.17) is 9.84 Å². The second-order valence-electron chi connectivity index (χ2n) is 4.61. The highest BCUT2D eigenvalue weighted by atomic mass is 16.5. The molecule has 2 N–H and O–H groups in total. The van der Waals surface area contributed by atoms with Crippen LogP contribution in [0.4, 0.5) is 0 Å². The van der Waals surface area contributed by atoms with E-state index in [-0.39, 0.29) is 29.0 Å². The summed E-state index contributed by atoms with van der Waals surface area (Å²) in [5.41, 5.74) is 0.0446. The monoisotopic (exact) mass is 264 g/mol. The first-order valence-corrected chi connectivity index (χ1v) is 6.15. The largest absolute Gasteiger partial charge is 0.478 e. The first-order valence-electron chi connectivity index (χ1n) is 6.15. The summed E-state index contributed by atoms with van der Waals surface area (Å²) < 4.78 is 5.27. The lowest BCUT2D eigenvalue weighted by Gasteiger charge is -2.19. The minimum Gasteiger partial charge on any atom is -0.478 e. The molecule has 2 heterocycles. The zero-order chi connectivity index (χ0) is 13.8. The van der Waals surface area contributed by atoms with Gasteiger partial charge in [-0.15, -0.1) is 0 Å². The zero-order valence-electron chi connectivity index (χ0n) is 10.6. The number of carboxylic acid groups (broad SMARTS) is 1. The highest BCUT2D eigenvalue weighted by Crippen LogP contribution is 2.17. The fraction of sp³-hybridized carbons (Fsp3) is 0.462. The van der Waals surface area contributed by atoms with E-state index in [2.05, 4.69) is 10.3 Å². The van der Waals surface area contributed by atoms with Gasteiger partial charge in [-0.2, -0.15) is 0 Å². The summed E-state index contributed by atoms with van der Waals surface area (Å²) in [7, 11) is 0. The second-order valence-corrected chi connectivity index (χ2v) is 4.61. The molecule has 2 atom stereocenters. The van der Waals surface area contributed by atoms with Crippen molar-refractivity contribution >= 4 is 11.9 Å². The van der Waals surface area contributed by atoms with Crippen LogP contribution in [0.1, 0.15) is 34.1 Å². The van der Waals surface area contributed by atoms with Gasteiger partial charge in [-0.3, -0.25) is 9.78 Å². The average molecular weight is 264 g/mol. The van der Waals surface area contributed by atoms with Crippen molar-refractivity contribution in [3.63, 3.8) is 0 Å². The molecule has 1 aromatic heterocycles. The van der Waals surface area contributed by atoms with Gasteiger partial charge >= 0.3 is 5.97 Å². The van der Waals surface area contributed by atoms with Crippen molar-refractivity contribution in [2.45, 2.75) is 19.4 Å². The molecule has 0 bridgehead atoms. The maximum atomic E-state index is 12.1. The van der Waals surface area contributed by atoms with Gasteiger partial charge in [0.1, 0.15) is 0 Å². The number of carboxylic acids is 1. The molecular weight excluding hydrogens is 248 g/mol. The van der Waals surface area contributed by atoms with Gasteiger partial charge < -0.3 is 15.2 Å². The predicted octanol–water partition coefficient (Wildman–Crippen LogP) is 0.935. The van der Waals surface area contributed by atoms with Crippen molar-refractivity contribution in [1.82, 2.24) is 10.3 Å². The first kappa shape index (κ1) is 13.5. The Morgan fingerprint density at radius 2 is 2.32 bits per heavy atom. The Morgan fingerprint density at radius 1 is 1.53 bits per heavy atom. The first-order chi connectivity index (χ1) is 9.09. The number of carbonyl (C=O) groups is 2. The third-order valence-corrected chi connectivity index (χ3v) is 3.33. The molecule has 1 saturated heterocycles. The second kappa shape index (κ2) is 5.79. The van der Waals surface area contributed by atoms with E-state index in [1.54, 1.807) is 0 Å². The van der Waals surface area contributed by atoms with E-state index in [0.717, 1.165) is 6.42 Å². The van der Waals surface area contributed by atoms with E-state index in [9.17, 15) is 9.59 Å². The van der Waals surface area contributed by atoms with Crippen molar-refractivity contribution in [3.8, 4) is 0 Å². The van der Waals surface area contributed by atoms with Gasteiger partial charge in [0.25, 0.3) is 5.91 Å². The number of aromatic carboxylic acids is 1. The number of nitrogens with one attached hydrogen (secondary N) is 1. The standard InChI is InChI=1S/C13H16N2O4/c1-8(9-3-5-19-7-9)15-12(16)10-2-4-14-6-11(10)13(17)18/h2,4,6,8-9H,3,5,7H2,1H3,(H,15,16)(H,17,18). The van der Waals surface area contributed by atoms with Crippen LogP contribution < -0.4 is 5.32 Å². The predicted molar refractivity (Wildman–Crippen MR) is 67.1 cm³/mol. The maximum Gasteiger partial charge on any atom is 0.338 e. The third kappa shape index (κ3) is 3.08.